The van der Waals surface area contributed by atoms with Crippen LogP contribution in [0.2, 0.25) is 0 Å². The lowest BCUT2D eigenvalue weighted by Crippen LogP contribution is -2.39. The van der Waals surface area contributed by atoms with Crippen LogP contribution in [0.25, 0.3) is 5.65 Å². The van der Waals surface area contributed by atoms with Gasteiger partial charge in [0.1, 0.15) is 6.61 Å². The van der Waals surface area contributed by atoms with E-state index in [9.17, 15) is 0 Å². The molecule has 0 amide bonds. The van der Waals surface area contributed by atoms with Crippen molar-refractivity contribution in [1.82, 2.24) is 25.3 Å². The Balaban J connectivity index is 1.49. The highest BCUT2D eigenvalue weighted by molar-refractivity contribution is 5.44. The first-order valence-corrected chi connectivity index (χ1v) is 6.95. The molecule has 0 N–H and O–H groups in total. The minimum Gasteiger partial charge on any atom is -0.486 e. The summed E-state index contributed by atoms with van der Waals surface area (Å²) in [5.41, 5.74) is 0.614. The fraction of sp³-hybridized carbons (Fsp3) is 0.286. The molecule has 3 aromatic rings. The van der Waals surface area contributed by atoms with Gasteiger partial charge in [-0.1, -0.05) is 12.1 Å². The Morgan fingerprint density at radius 3 is 3.00 bits per heavy atom. The number of tetrazole rings is 1. The van der Waals surface area contributed by atoms with Gasteiger partial charge in [0.25, 0.3) is 0 Å². The number of hydrogen-bond donors (Lipinski definition) is 0. The SMILES string of the molecule is CN(C[C@H]1COc2ccccc2O1)c1ccc2nnnn2n1. The average molecular weight is 298 g/mol. The zero-order chi connectivity index (χ0) is 14.9. The predicted molar refractivity (Wildman–Crippen MR) is 78.2 cm³/mol. The van der Waals surface area contributed by atoms with Crippen LogP contribution in [0.1, 0.15) is 0 Å². The smallest absolute Gasteiger partial charge is 0.200 e. The van der Waals surface area contributed by atoms with Crippen LogP contribution in [-0.2, 0) is 0 Å². The molecule has 0 radical (unpaired) electrons. The Morgan fingerprint density at radius 2 is 2.09 bits per heavy atom. The molecule has 0 spiro atoms. The van der Waals surface area contributed by atoms with Gasteiger partial charge in [0.15, 0.2) is 29.1 Å². The number of nitrogens with zero attached hydrogens (tertiary/aromatic N) is 6. The van der Waals surface area contributed by atoms with E-state index in [1.54, 1.807) is 0 Å². The Bertz CT molecular complexity index is 805. The minimum atomic E-state index is -0.0636. The standard InChI is InChI=1S/C14H14N6O2/c1-19(14-7-6-13-15-17-18-20(13)16-14)8-10-9-21-11-4-2-3-5-12(11)22-10/h2-7,10H,8-9H2,1H3/t10-/m0/s1. The lowest BCUT2D eigenvalue weighted by molar-refractivity contribution is 0.0959. The molecule has 0 saturated heterocycles. The topological polar surface area (TPSA) is 77.7 Å². The zero-order valence-corrected chi connectivity index (χ0v) is 12.0. The second-order valence-electron chi connectivity index (χ2n) is 5.10. The first-order chi connectivity index (χ1) is 10.8. The number of rotatable bonds is 3. The Kier molecular flexibility index (Phi) is 2.99. The number of aromatic nitrogens is 5. The normalized spacial score (nSPS) is 16.7. The summed E-state index contributed by atoms with van der Waals surface area (Å²) in [7, 11) is 1.95. The van der Waals surface area contributed by atoms with Gasteiger partial charge in [0, 0.05) is 7.05 Å². The van der Waals surface area contributed by atoms with Crippen molar-refractivity contribution >= 4 is 11.5 Å². The molecule has 8 heteroatoms. The molecule has 112 valence electrons. The molecule has 4 rings (SSSR count). The van der Waals surface area contributed by atoms with Crippen molar-refractivity contribution in [3.63, 3.8) is 0 Å². The summed E-state index contributed by atoms with van der Waals surface area (Å²) in [4.78, 5) is 1.99. The van der Waals surface area contributed by atoms with Crippen molar-refractivity contribution in [1.29, 1.82) is 0 Å². The fourth-order valence-electron chi connectivity index (χ4n) is 2.40. The Morgan fingerprint density at radius 1 is 1.23 bits per heavy atom. The zero-order valence-electron chi connectivity index (χ0n) is 12.0. The molecule has 0 saturated carbocycles. The number of fused-ring (bicyclic) bond motifs is 2. The molecule has 0 unspecified atom stereocenters. The van der Waals surface area contributed by atoms with Crippen molar-refractivity contribution in [3.8, 4) is 11.5 Å². The minimum absolute atomic E-state index is 0.0636. The molecule has 2 aromatic heterocycles. The van der Waals surface area contributed by atoms with E-state index >= 15 is 0 Å². The highest BCUT2D eigenvalue weighted by atomic mass is 16.6. The molecule has 22 heavy (non-hydrogen) atoms. The summed E-state index contributed by atoms with van der Waals surface area (Å²) in [5.74, 6) is 2.33. The van der Waals surface area contributed by atoms with Gasteiger partial charge in [-0.05, 0) is 34.7 Å². The van der Waals surface area contributed by atoms with E-state index in [4.69, 9.17) is 9.47 Å². The molecule has 0 fully saturated rings. The largest absolute Gasteiger partial charge is 0.486 e. The number of anilines is 1. The maximum atomic E-state index is 5.95. The summed E-state index contributed by atoms with van der Waals surface area (Å²) in [5, 5.41) is 15.6. The summed E-state index contributed by atoms with van der Waals surface area (Å²) < 4.78 is 13.1. The van der Waals surface area contributed by atoms with E-state index in [0.717, 1.165) is 17.3 Å². The van der Waals surface area contributed by atoms with E-state index in [1.807, 2.05) is 48.3 Å². The summed E-state index contributed by atoms with van der Waals surface area (Å²) in [6, 6.07) is 11.4. The van der Waals surface area contributed by atoms with E-state index in [2.05, 4.69) is 20.6 Å². The summed E-state index contributed by atoms with van der Waals surface area (Å²) in [6.07, 6.45) is -0.0636. The summed E-state index contributed by atoms with van der Waals surface area (Å²) in [6.45, 7) is 1.16. The van der Waals surface area contributed by atoms with Crippen LogP contribution in [0.4, 0.5) is 5.82 Å². The van der Waals surface area contributed by atoms with Crippen LogP contribution in [0.5, 0.6) is 11.5 Å². The van der Waals surface area contributed by atoms with Gasteiger partial charge in [0.2, 0.25) is 0 Å². The molecule has 1 aliphatic heterocycles. The fourth-order valence-corrected chi connectivity index (χ4v) is 2.40. The lowest BCUT2D eigenvalue weighted by Gasteiger charge is -2.29. The van der Waals surface area contributed by atoms with Crippen LogP contribution in [0.3, 0.4) is 0 Å². The number of likely N-dealkylation sites (N-methyl/N-ethyl adjacent to an activating group) is 1. The molecular weight excluding hydrogens is 284 g/mol. The molecule has 0 aliphatic carbocycles. The van der Waals surface area contributed by atoms with Gasteiger partial charge >= 0.3 is 0 Å². The maximum absolute atomic E-state index is 5.95. The number of ether oxygens (including phenoxy) is 2. The van der Waals surface area contributed by atoms with Crippen molar-refractivity contribution in [2.75, 3.05) is 25.1 Å². The van der Waals surface area contributed by atoms with Gasteiger partial charge in [-0.25, -0.2) is 0 Å². The number of hydrogen-bond acceptors (Lipinski definition) is 7. The van der Waals surface area contributed by atoms with Gasteiger partial charge in [-0.15, -0.1) is 14.8 Å². The number of para-hydroxylation sites is 2. The quantitative estimate of drug-likeness (QED) is 0.707. The maximum Gasteiger partial charge on any atom is 0.200 e. The first-order valence-electron chi connectivity index (χ1n) is 6.95. The van der Waals surface area contributed by atoms with E-state index in [1.165, 1.54) is 4.63 Å². The van der Waals surface area contributed by atoms with Gasteiger partial charge in [-0.2, -0.15) is 0 Å². The van der Waals surface area contributed by atoms with E-state index < -0.39 is 0 Å². The van der Waals surface area contributed by atoms with Crippen LogP contribution in [0, 0.1) is 0 Å². The predicted octanol–water partition coefficient (Wildman–Crippen LogP) is 0.795. The molecule has 3 heterocycles. The van der Waals surface area contributed by atoms with Crippen molar-refractivity contribution in [2.24, 2.45) is 0 Å². The van der Waals surface area contributed by atoms with Gasteiger partial charge in [-0.3, -0.25) is 0 Å². The molecule has 1 aliphatic rings. The second-order valence-corrected chi connectivity index (χ2v) is 5.10. The van der Waals surface area contributed by atoms with E-state index in [0.29, 0.717) is 18.8 Å². The van der Waals surface area contributed by atoms with Crippen LogP contribution in [0.15, 0.2) is 36.4 Å². The molecule has 0 bridgehead atoms. The third-order valence-electron chi connectivity index (χ3n) is 3.49. The monoisotopic (exact) mass is 298 g/mol. The lowest BCUT2D eigenvalue weighted by atomic mass is 10.2. The third kappa shape index (κ3) is 2.28. The molecule has 1 aromatic carbocycles. The summed E-state index contributed by atoms with van der Waals surface area (Å²) >= 11 is 0. The Hall–Kier alpha value is -2.90. The molecule has 1 atom stereocenters. The van der Waals surface area contributed by atoms with Crippen molar-refractivity contribution < 1.29 is 9.47 Å². The third-order valence-corrected chi connectivity index (χ3v) is 3.49. The number of benzene rings is 1. The Labute approximate surface area is 126 Å². The second kappa shape index (κ2) is 5.14. The first kappa shape index (κ1) is 12.8. The molecule has 8 nitrogen and oxygen atoms in total. The van der Waals surface area contributed by atoms with Gasteiger partial charge < -0.3 is 14.4 Å². The van der Waals surface area contributed by atoms with Crippen LogP contribution >= 0.6 is 0 Å². The van der Waals surface area contributed by atoms with E-state index in [-0.39, 0.29) is 6.10 Å². The van der Waals surface area contributed by atoms with Gasteiger partial charge in [0.05, 0.1) is 6.54 Å². The van der Waals surface area contributed by atoms with Crippen LogP contribution < -0.4 is 14.4 Å². The molecular formula is C14H14N6O2. The van der Waals surface area contributed by atoms with Crippen molar-refractivity contribution in [3.05, 3.63) is 36.4 Å². The highest BCUT2D eigenvalue weighted by Gasteiger charge is 2.22. The van der Waals surface area contributed by atoms with Crippen LogP contribution in [-0.4, -0.2) is 51.6 Å². The average Bonchev–Trinajstić information content (AvgIpc) is 3.02. The highest BCUT2D eigenvalue weighted by Crippen LogP contribution is 2.31. The van der Waals surface area contributed by atoms with Crippen molar-refractivity contribution in [2.45, 2.75) is 6.10 Å².